The average Bonchev–Trinajstić information content (AvgIpc) is 2.67. The predicted octanol–water partition coefficient (Wildman–Crippen LogP) is 6.40. The molecule has 0 aliphatic heterocycles. The molecule has 0 radical (unpaired) electrons. The maximum Gasteiger partial charge on any atom is 0.127 e. The lowest BCUT2D eigenvalue weighted by Crippen LogP contribution is -1.97. The molecule has 3 aromatic rings. The van der Waals surface area contributed by atoms with E-state index in [1.54, 1.807) is 0 Å². The van der Waals surface area contributed by atoms with Gasteiger partial charge in [0.2, 0.25) is 0 Å². The summed E-state index contributed by atoms with van der Waals surface area (Å²) >= 11 is 3.50. The van der Waals surface area contributed by atoms with Gasteiger partial charge in [0.25, 0.3) is 0 Å². The van der Waals surface area contributed by atoms with Gasteiger partial charge in [0.05, 0.1) is 11.6 Å². The second-order valence-electron chi connectivity index (χ2n) is 5.99. The molecule has 0 aliphatic rings. The number of aryl methyl sites for hydroxylation is 1. The van der Waals surface area contributed by atoms with Crippen LogP contribution in [0.2, 0.25) is 0 Å². The van der Waals surface area contributed by atoms with Gasteiger partial charge in [0.15, 0.2) is 0 Å². The lowest BCUT2D eigenvalue weighted by molar-refractivity contribution is 0.305. The third-order valence-electron chi connectivity index (χ3n) is 3.99. The average molecular weight is 404 g/mol. The lowest BCUT2D eigenvalue weighted by atomic mass is 10.0. The molecular formula is C23H18BrNO. The van der Waals surface area contributed by atoms with E-state index in [1.165, 1.54) is 5.56 Å². The maximum absolute atomic E-state index is 9.61. The Kier molecular flexibility index (Phi) is 5.88. The molecule has 0 fully saturated rings. The zero-order valence-electron chi connectivity index (χ0n) is 14.4. The second kappa shape index (κ2) is 8.51. The van der Waals surface area contributed by atoms with Crippen LogP contribution in [0.4, 0.5) is 0 Å². The van der Waals surface area contributed by atoms with E-state index in [1.807, 2.05) is 85.8 Å². The number of nitriles is 1. The molecule has 2 nitrogen and oxygen atoms in total. The minimum Gasteiger partial charge on any atom is -0.488 e. The van der Waals surface area contributed by atoms with Crippen molar-refractivity contribution in [1.82, 2.24) is 0 Å². The SMILES string of the molecule is Cc1ccc(/C(C#N)=C/c2cc(Br)ccc2OCc2ccccc2)cc1. The summed E-state index contributed by atoms with van der Waals surface area (Å²) in [5.74, 6) is 0.747. The smallest absolute Gasteiger partial charge is 0.127 e. The van der Waals surface area contributed by atoms with Gasteiger partial charge in [0.1, 0.15) is 12.4 Å². The molecular weight excluding hydrogens is 386 g/mol. The van der Waals surface area contributed by atoms with Crippen molar-refractivity contribution in [1.29, 1.82) is 5.26 Å². The van der Waals surface area contributed by atoms with Crippen LogP contribution in [0.25, 0.3) is 11.6 Å². The Bertz CT molecular complexity index is 954. The monoisotopic (exact) mass is 403 g/mol. The standard InChI is InChI=1S/C23H18BrNO/c1-17-7-9-19(10-8-17)21(15-25)13-20-14-22(24)11-12-23(20)26-16-18-5-3-2-4-6-18/h2-14H,16H2,1H3/b21-13+. The van der Waals surface area contributed by atoms with Gasteiger partial charge >= 0.3 is 0 Å². The molecule has 3 aromatic carbocycles. The van der Waals surface area contributed by atoms with Gasteiger partial charge in [-0.2, -0.15) is 5.26 Å². The summed E-state index contributed by atoms with van der Waals surface area (Å²) in [7, 11) is 0. The molecule has 128 valence electrons. The quantitative estimate of drug-likeness (QED) is 0.364. The van der Waals surface area contributed by atoms with E-state index in [-0.39, 0.29) is 0 Å². The fourth-order valence-electron chi connectivity index (χ4n) is 2.57. The van der Waals surface area contributed by atoms with Crippen molar-refractivity contribution < 1.29 is 4.74 Å². The number of ether oxygens (including phenoxy) is 1. The number of hydrogen-bond acceptors (Lipinski definition) is 2. The summed E-state index contributed by atoms with van der Waals surface area (Å²) in [5, 5.41) is 9.61. The Labute approximate surface area is 162 Å². The largest absolute Gasteiger partial charge is 0.488 e. The summed E-state index contributed by atoms with van der Waals surface area (Å²) in [4.78, 5) is 0. The van der Waals surface area contributed by atoms with E-state index in [9.17, 15) is 5.26 Å². The lowest BCUT2D eigenvalue weighted by Gasteiger charge is -2.11. The first kappa shape index (κ1) is 18.0. The van der Waals surface area contributed by atoms with E-state index in [0.29, 0.717) is 12.2 Å². The first-order valence-corrected chi connectivity index (χ1v) is 9.10. The molecule has 0 bridgehead atoms. The fourth-order valence-corrected chi connectivity index (χ4v) is 2.95. The van der Waals surface area contributed by atoms with Crippen molar-refractivity contribution in [2.24, 2.45) is 0 Å². The van der Waals surface area contributed by atoms with Gasteiger partial charge in [-0.1, -0.05) is 76.1 Å². The van der Waals surface area contributed by atoms with Crippen molar-refractivity contribution in [3.8, 4) is 11.8 Å². The Morgan fingerprint density at radius 2 is 1.77 bits per heavy atom. The molecule has 0 spiro atoms. The fraction of sp³-hybridized carbons (Fsp3) is 0.0870. The Morgan fingerprint density at radius 3 is 2.46 bits per heavy atom. The highest BCUT2D eigenvalue weighted by molar-refractivity contribution is 9.10. The molecule has 0 saturated heterocycles. The normalized spacial score (nSPS) is 11.0. The number of rotatable bonds is 5. The topological polar surface area (TPSA) is 33.0 Å². The number of benzene rings is 3. The van der Waals surface area contributed by atoms with Crippen LogP contribution in [0.3, 0.4) is 0 Å². The third kappa shape index (κ3) is 4.62. The highest BCUT2D eigenvalue weighted by atomic mass is 79.9. The van der Waals surface area contributed by atoms with Crippen molar-refractivity contribution in [2.45, 2.75) is 13.5 Å². The Morgan fingerprint density at radius 1 is 1.04 bits per heavy atom. The van der Waals surface area contributed by atoms with Gasteiger partial charge in [-0.05, 0) is 42.3 Å². The van der Waals surface area contributed by atoms with Crippen molar-refractivity contribution >= 4 is 27.6 Å². The number of allylic oxidation sites excluding steroid dienone is 1. The molecule has 0 amide bonds. The van der Waals surface area contributed by atoms with E-state index in [2.05, 4.69) is 22.0 Å². The molecule has 3 rings (SSSR count). The highest BCUT2D eigenvalue weighted by Crippen LogP contribution is 2.28. The zero-order chi connectivity index (χ0) is 18.4. The van der Waals surface area contributed by atoms with Crippen LogP contribution >= 0.6 is 15.9 Å². The Balaban J connectivity index is 1.91. The summed E-state index contributed by atoms with van der Waals surface area (Å²) in [6, 6.07) is 26.1. The second-order valence-corrected chi connectivity index (χ2v) is 6.91. The van der Waals surface area contributed by atoms with Crippen LogP contribution < -0.4 is 4.74 Å². The van der Waals surface area contributed by atoms with Crippen LogP contribution in [0.15, 0.2) is 77.3 Å². The molecule has 0 N–H and O–H groups in total. The van der Waals surface area contributed by atoms with Gasteiger partial charge < -0.3 is 4.74 Å². The Hall–Kier alpha value is -2.83. The molecule has 26 heavy (non-hydrogen) atoms. The van der Waals surface area contributed by atoms with Crippen molar-refractivity contribution in [3.05, 3.63) is 99.5 Å². The van der Waals surface area contributed by atoms with Gasteiger partial charge in [-0.25, -0.2) is 0 Å². The molecule has 0 saturated carbocycles. The van der Waals surface area contributed by atoms with E-state index in [4.69, 9.17) is 4.74 Å². The van der Waals surface area contributed by atoms with Crippen molar-refractivity contribution in [3.63, 3.8) is 0 Å². The van der Waals surface area contributed by atoms with Crippen LogP contribution in [-0.4, -0.2) is 0 Å². The number of halogens is 1. The molecule has 0 atom stereocenters. The van der Waals surface area contributed by atoms with Gasteiger partial charge in [-0.3, -0.25) is 0 Å². The predicted molar refractivity (Wildman–Crippen MR) is 110 cm³/mol. The third-order valence-corrected chi connectivity index (χ3v) is 4.49. The summed E-state index contributed by atoms with van der Waals surface area (Å²) < 4.78 is 6.95. The van der Waals surface area contributed by atoms with Crippen LogP contribution in [0.5, 0.6) is 5.75 Å². The zero-order valence-corrected chi connectivity index (χ0v) is 16.0. The minimum absolute atomic E-state index is 0.482. The molecule has 0 heterocycles. The molecule has 3 heteroatoms. The highest BCUT2D eigenvalue weighted by Gasteiger charge is 2.07. The molecule has 0 aromatic heterocycles. The molecule has 0 unspecified atom stereocenters. The van der Waals surface area contributed by atoms with Crippen LogP contribution in [-0.2, 0) is 6.61 Å². The van der Waals surface area contributed by atoms with E-state index >= 15 is 0 Å². The molecule has 0 aliphatic carbocycles. The van der Waals surface area contributed by atoms with E-state index < -0.39 is 0 Å². The number of hydrogen-bond donors (Lipinski definition) is 0. The van der Waals surface area contributed by atoms with Crippen molar-refractivity contribution in [2.75, 3.05) is 0 Å². The maximum atomic E-state index is 9.61. The van der Waals surface area contributed by atoms with Gasteiger partial charge in [-0.15, -0.1) is 0 Å². The first-order valence-electron chi connectivity index (χ1n) is 8.31. The number of nitrogens with zero attached hydrogens (tertiary/aromatic N) is 1. The van der Waals surface area contributed by atoms with E-state index in [0.717, 1.165) is 26.9 Å². The summed E-state index contributed by atoms with van der Waals surface area (Å²) in [6.45, 7) is 2.51. The summed E-state index contributed by atoms with van der Waals surface area (Å²) in [6.07, 6.45) is 1.87. The summed E-state index contributed by atoms with van der Waals surface area (Å²) in [5.41, 5.74) is 4.64. The van der Waals surface area contributed by atoms with Crippen LogP contribution in [0, 0.1) is 18.3 Å². The first-order chi connectivity index (χ1) is 12.7. The van der Waals surface area contributed by atoms with Gasteiger partial charge in [0, 0.05) is 10.0 Å². The van der Waals surface area contributed by atoms with Crippen LogP contribution in [0.1, 0.15) is 22.3 Å². The minimum atomic E-state index is 0.482.